The van der Waals surface area contributed by atoms with E-state index in [9.17, 15) is 13.2 Å². The molecule has 166 valence electrons. The number of aryl methyl sites for hydroxylation is 2. The van der Waals surface area contributed by atoms with Gasteiger partial charge in [0.25, 0.3) is 0 Å². The number of piperazine rings is 1. The Balaban J connectivity index is 0.00000320. The van der Waals surface area contributed by atoms with Crippen LogP contribution in [0.5, 0.6) is 0 Å². The highest BCUT2D eigenvalue weighted by Gasteiger charge is 2.31. The van der Waals surface area contributed by atoms with Crippen LogP contribution in [0.25, 0.3) is 0 Å². The summed E-state index contributed by atoms with van der Waals surface area (Å²) in [6.45, 7) is 9.36. The topological polar surface area (TPSA) is 56.9 Å². The first-order valence-electron chi connectivity index (χ1n) is 9.66. The van der Waals surface area contributed by atoms with Crippen molar-refractivity contribution in [1.82, 2.24) is 15.2 Å². The van der Waals surface area contributed by atoms with Crippen molar-refractivity contribution in [3.05, 3.63) is 47.2 Å². The van der Waals surface area contributed by atoms with Crippen LogP contribution in [0.1, 0.15) is 29.8 Å². The molecule has 1 aromatic heterocycles. The van der Waals surface area contributed by atoms with Crippen LogP contribution in [0.15, 0.2) is 33.7 Å². The minimum atomic E-state index is -4.33. The number of alkyl halides is 3. The minimum Gasteiger partial charge on any atom is -0.444 e. The molecule has 1 saturated heterocycles. The molecule has 0 radical (unpaired) electrons. The third-order valence-electron chi connectivity index (χ3n) is 4.89. The van der Waals surface area contributed by atoms with Gasteiger partial charge in [-0.3, -0.25) is 0 Å². The molecule has 10 heteroatoms. The number of nitrogens with one attached hydrogen (secondary N) is 1. The fourth-order valence-electron chi connectivity index (χ4n) is 3.23. The van der Waals surface area contributed by atoms with Gasteiger partial charge in [-0.15, -0.1) is 24.0 Å². The maximum absolute atomic E-state index is 13.0. The number of hydrogen-bond donors (Lipinski definition) is 1. The number of anilines is 1. The van der Waals surface area contributed by atoms with Gasteiger partial charge in [0.15, 0.2) is 5.96 Å². The Kier molecular flexibility index (Phi) is 8.39. The van der Waals surface area contributed by atoms with Crippen LogP contribution in [-0.2, 0) is 12.7 Å². The molecule has 6 nitrogen and oxygen atoms in total. The van der Waals surface area contributed by atoms with Gasteiger partial charge in [-0.1, -0.05) is 6.07 Å². The van der Waals surface area contributed by atoms with Crippen molar-refractivity contribution in [3.8, 4) is 0 Å². The van der Waals surface area contributed by atoms with Crippen LogP contribution >= 0.6 is 24.0 Å². The molecule has 0 saturated carbocycles. The second-order valence-corrected chi connectivity index (χ2v) is 6.94. The van der Waals surface area contributed by atoms with Crippen molar-refractivity contribution in [2.45, 2.75) is 33.5 Å². The molecule has 0 bridgehead atoms. The van der Waals surface area contributed by atoms with Gasteiger partial charge in [-0.25, -0.2) is 9.98 Å². The van der Waals surface area contributed by atoms with E-state index < -0.39 is 11.7 Å². The van der Waals surface area contributed by atoms with Crippen molar-refractivity contribution in [3.63, 3.8) is 0 Å². The van der Waals surface area contributed by atoms with Gasteiger partial charge in [-0.2, -0.15) is 13.2 Å². The summed E-state index contributed by atoms with van der Waals surface area (Å²) in [5.74, 6) is 2.11. The third kappa shape index (κ3) is 6.02. The molecule has 0 atom stereocenters. The highest BCUT2D eigenvalue weighted by molar-refractivity contribution is 14.0. The van der Waals surface area contributed by atoms with Gasteiger partial charge in [0.2, 0.25) is 5.89 Å². The van der Waals surface area contributed by atoms with Crippen molar-refractivity contribution in [1.29, 1.82) is 0 Å². The van der Waals surface area contributed by atoms with Crippen molar-refractivity contribution in [2.24, 2.45) is 4.99 Å². The van der Waals surface area contributed by atoms with Gasteiger partial charge >= 0.3 is 6.18 Å². The van der Waals surface area contributed by atoms with E-state index in [1.54, 1.807) is 6.07 Å². The number of halogens is 4. The molecule has 0 spiro atoms. The summed E-state index contributed by atoms with van der Waals surface area (Å²) in [7, 11) is 0. The van der Waals surface area contributed by atoms with Crippen LogP contribution in [0.3, 0.4) is 0 Å². The number of aliphatic imine (C=N–C) groups is 1. The summed E-state index contributed by atoms with van der Waals surface area (Å²) >= 11 is 0. The Hall–Kier alpha value is -1.98. The lowest BCUT2D eigenvalue weighted by atomic mass is 10.1. The highest BCUT2D eigenvalue weighted by atomic mass is 127. The minimum absolute atomic E-state index is 0. The third-order valence-corrected chi connectivity index (χ3v) is 4.89. The Morgan fingerprint density at radius 2 is 1.90 bits per heavy atom. The average Bonchev–Trinajstić information content (AvgIpc) is 3.02. The number of aromatic nitrogens is 1. The predicted octanol–water partition coefficient (Wildman–Crippen LogP) is 4.22. The standard InChI is InChI=1S/C20H26F3N5O.HI/c1-4-24-19(25-13-18-26-14(2)15(3)29-18)28-10-8-27(9-11-28)17-7-5-6-16(12-17)20(21,22)23;/h5-7,12H,4,8-11,13H2,1-3H3,(H,24,25);1H. The van der Waals surface area contributed by atoms with Crippen LogP contribution in [0.2, 0.25) is 0 Å². The Labute approximate surface area is 191 Å². The van der Waals surface area contributed by atoms with E-state index >= 15 is 0 Å². The van der Waals surface area contributed by atoms with E-state index in [-0.39, 0.29) is 24.0 Å². The molecular formula is C20H27F3IN5O. The van der Waals surface area contributed by atoms with E-state index in [0.717, 1.165) is 30.0 Å². The smallest absolute Gasteiger partial charge is 0.416 e. The van der Waals surface area contributed by atoms with Gasteiger partial charge < -0.3 is 19.5 Å². The molecule has 1 aromatic carbocycles. The quantitative estimate of drug-likeness (QED) is 0.360. The molecular weight excluding hydrogens is 510 g/mol. The summed E-state index contributed by atoms with van der Waals surface area (Å²) in [5, 5.41) is 3.27. The van der Waals surface area contributed by atoms with E-state index in [1.165, 1.54) is 12.1 Å². The van der Waals surface area contributed by atoms with E-state index in [1.807, 2.05) is 25.7 Å². The first-order chi connectivity index (χ1) is 13.8. The number of guanidine groups is 1. The molecule has 2 aromatic rings. The summed E-state index contributed by atoms with van der Waals surface area (Å²) in [6.07, 6.45) is -4.33. The molecule has 0 aliphatic carbocycles. The zero-order chi connectivity index (χ0) is 21.0. The summed E-state index contributed by atoms with van der Waals surface area (Å²) < 4.78 is 44.5. The van der Waals surface area contributed by atoms with Crippen LogP contribution in [-0.4, -0.2) is 48.6 Å². The van der Waals surface area contributed by atoms with Gasteiger partial charge in [0, 0.05) is 38.4 Å². The highest BCUT2D eigenvalue weighted by Crippen LogP contribution is 2.31. The van der Waals surface area contributed by atoms with Crippen LogP contribution in [0.4, 0.5) is 18.9 Å². The van der Waals surface area contributed by atoms with Crippen LogP contribution < -0.4 is 10.2 Å². The largest absolute Gasteiger partial charge is 0.444 e. The molecule has 30 heavy (non-hydrogen) atoms. The number of benzene rings is 1. The second-order valence-electron chi connectivity index (χ2n) is 6.94. The number of hydrogen-bond acceptors (Lipinski definition) is 4. The van der Waals surface area contributed by atoms with Crippen LogP contribution in [0, 0.1) is 13.8 Å². The monoisotopic (exact) mass is 537 g/mol. The van der Waals surface area contributed by atoms with Crippen molar-refractivity contribution < 1.29 is 17.6 Å². The number of rotatable bonds is 4. The zero-order valence-corrected chi connectivity index (χ0v) is 19.6. The fourth-order valence-corrected chi connectivity index (χ4v) is 3.23. The predicted molar refractivity (Wildman–Crippen MR) is 121 cm³/mol. The summed E-state index contributed by atoms with van der Waals surface area (Å²) in [6, 6.07) is 5.48. The molecule has 3 rings (SSSR count). The van der Waals surface area contributed by atoms with Gasteiger partial charge in [0.1, 0.15) is 12.3 Å². The van der Waals surface area contributed by atoms with E-state index in [0.29, 0.717) is 44.3 Å². The normalized spacial score (nSPS) is 15.2. The molecule has 2 heterocycles. The molecule has 1 aliphatic rings. The molecule has 1 fully saturated rings. The lowest BCUT2D eigenvalue weighted by Crippen LogP contribution is -2.52. The Morgan fingerprint density at radius 1 is 1.20 bits per heavy atom. The van der Waals surface area contributed by atoms with E-state index in [4.69, 9.17) is 4.42 Å². The van der Waals surface area contributed by atoms with Gasteiger partial charge in [0.05, 0.1) is 11.3 Å². The molecule has 0 amide bonds. The lowest BCUT2D eigenvalue weighted by molar-refractivity contribution is -0.137. The average molecular weight is 537 g/mol. The maximum Gasteiger partial charge on any atom is 0.416 e. The first-order valence-corrected chi connectivity index (χ1v) is 9.66. The molecule has 1 aliphatic heterocycles. The van der Waals surface area contributed by atoms with Crippen molar-refractivity contribution >= 4 is 35.6 Å². The fraction of sp³-hybridized carbons (Fsp3) is 0.500. The Morgan fingerprint density at radius 3 is 2.47 bits per heavy atom. The number of oxazole rings is 1. The SMILES string of the molecule is CCNC(=NCc1nc(C)c(C)o1)N1CCN(c2cccc(C(F)(F)F)c2)CC1.I. The summed E-state index contributed by atoms with van der Waals surface area (Å²) in [5.41, 5.74) is 0.825. The van der Waals surface area contributed by atoms with Crippen molar-refractivity contribution in [2.75, 3.05) is 37.6 Å². The Bertz CT molecular complexity index is 841. The summed E-state index contributed by atoms with van der Waals surface area (Å²) in [4.78, 5) is 13.0. The zero-order valence-electron chi connectivity index (χ0n) is 17.3. The second kappa shape index (κ2) is 10.4. The van der Waals surface area contributed by atoms with Gasteiger partial charge in [-0.05, 0) is 39.0 Å². The number of nitrogens with zero attached hydrogens (tertiary/aromatic N) is 4. The lowest BCUT2D eigenvalue weighted by Gasteiger charge is -2.37. The molecule has 1 N–H and O–H groups in total. The molecule has 0 unspecified atom stereocenters. The first kappa shape index (κ1) is 24.3. The van der Waals surface area contributed by atoms with E-state index in [2.05, 4.69) is 20.2 Å². The maximum atomic E-state index is 13.0.